The van der Waals surface area contributed by atoms with E-state index in [1.54, 1.807) is 6.92 Å². The molecule has 0 aromatic carbocycles. The topological polar surface area (TPSA) is 86.3 Å². The Morgan fingerprint density at radius 1 is 1.53 bits per heavy atom. The number of carboxylic acids is 1. The van der Waals surface area contributed by atoms with E-state index in [2.05, 4.69) is 9.97 Å². The highest BCUT2D eigenvalue weighted by molar-refractivity contribution is 5.74. The van der Waals surface area contributed by atoms with Crippen molar-refractivity contribution in [2.24, 2.45) is 5.41 Å². The summed E-state index contributed by atoms with van der Waals surface area (Å²) in [4.78, 5) is 30.7. The molecule has 2 N–H and O–H groups in total. The van der Waals surface area contributed by atoms with Gasteiger partial charge in [0.2, 0.25) is 0 Å². The van der Waals surface area contributed by atoms with E-state index in [0.29, 0.717) is 31.7 Å². The predicted molar refractivity (Wildman–Crippen MR) is 62.0 cm³/mol. The van der Waals surface area contributed by atoms with Gasteiger partial charge in [0.05, 0.1) is 11.7 Å². The summed E-state index contributed by atoms with van der Waals surface area (Å²) in [5.74, 6) is -0.141. The summed E-state index contributed by atoms with van der Waals surface area (Å²) in [6, 6.07) is 1.43. The van der Waals surface area contributed by atoms with Crippen molar-refractivity contribution in [1.82, 2.24) is 9.97 Å². The lowest BCUT2D eigenvalue weighted by atomic mass is 9.80. The molecule has 1 aromatic rings. The minimum atomic E-state index is -0.754. The number of aliphatic carboxylic acids is 1. The third-order valence-corrected chi connectivity index (χ3v) is 3.37. The van der Waals surface area contributed by atoms with Crippen LogP contribution in [0.15, 0.2) is 17.2 Å². The fourth-order valence-electron chi connectivity index (χ4n) is 1.97. The standard InChI is InChI=1S/C11H15N3O3/c1-11(10(16)17)2-4-14(5-3-11)8-6-9(15)13-7-12-8/h6-7H,2-5H2,1H3,(H,16,17)(H,12,13,15). The van der Waals surface area contributed by atoms with Gasteiger partial charge in [-0.05, 0) is 19.8 Å². The number of carbonyl (C=O) groups is 1. The monoisotopic (exact) mass is 237 g/mol. The molecule has 2 rings (SSSR count). The highest BCUT2D eigenvalue weighted by Crippen LogP contribution is 2.32. The zero-order valence-corrected chi connectivity index (χ0v) is 9.64. The molecule has 1 fully saturated rings. The number of hydrogen-bond acceptors (Lipinski definition) is 4. The first kappa shape index (κ1) is 11.6. The van der Waals surface area contributed by atoms with E-state index < -0.39 is 11.4 Å². The van der Waals surface area contributed by atoms with Gasteiger partial charge in [-0.1, -0.05) is 0 Å². The second-order valence-electron chi connectivity index (χ2n) is 4.62. The van der Waals surface area contributed by atoms with Crippen LogP contribution in [0.2, 0.25) is 0 Å². The molecule has 1 aliphatic heterocycles. The molecule has 1 aromatic heterocycles. The molecule has 0 saturated carbocycles. The number of anilines is 1. The van der Waals surface area contributed by atoms with Gasteiger partial charge in [0.1, 0.15) is 5.82 Å². The lowest BCUT2D eigenvalue weighted by Gasteiger charge is -2.36. The van der Waals surface area contributed by atoms with Gasteiger partial charge in [-0.15, -0.1) is 0 Å². The van der Waals surface area contributed by atoms with Crippen LogP contribution in [0, 0.1) is 5.41 Å². The number of aromatic nitrogens is 2. The summed E-state index contributed by atoms with van der Waals surface area (Å²) >= 11 is 0. The van der Waals surface area contributed by atoms with E-state index in [4.69, 9.17) is 5.11 Å². The molecule has 6 heteroatoms. The fourth-order valence-corrected chi connectivity index (χ4v) is 1.97. The smallest absolute Gasteiger partial charge is 0.309 e. The van der Waals surface area contributed by atoms with Crippen LogP contribution in [-0.2, 0) is 4.79 Å². The summed E-state index contributed by atoms with van der Waals surface area (Å²) in [6.07, 6.45) is 2.50. The summed E-state index contributed by atoms with van der Waals surface area (Å²) in [5, 5.41) is 9.11. The minimum absolute atomic E-state index is 0.193. The Hall–Kier alpha value is -1.85. The Kier molecular flexibility index (Phi) is 2.87. The van der Waals surface area contributed by atoms with E-state index >= 15 is 0 Å². The summed E-state index contributed by atoms with van der Waals surface area (Å²) in [7, 11) is 0. The van der Waals surface area contributed by atoms with Gasteiger partial charge >= 0.3 is 5.97 Å². The molecule has 0 radical (unpaired) electrons. The first-order valence-electron chi connectivity index (χ1n) is 5.54. The Bertz CT molecular complexity index is 475. The predicted octanol–water partition coefficient (Wildman–Crippen LogP) is 0.461. The van der Waals surface area contributed by atoms with Crippen LogP contribution in [0.1, 0.15) is 19.8 Å². The number of rotatable bonds is 2. The maximum Gasteiger partial charge on any atom is 0.309 e. The third-order valence-electron chi connectivity index (χ3n) is 3.37. The van der Waals surface area contributed by atoms with Crippen molar-refractivity contribution in [1.29, 1.82) is 0 Å². The van der Waals surface area contributed by atoms with Gasteiger partial charge < -0.3 is 15.0 Å². The number of carboxylic acid groups (broad SMARTS) is 1. The molecule has 0 bridgehead atoms. The van der Waals surface area contributed by atoms with Crippen LogP contribution in [0.5, 0.6) is 0 Å². The molecule has 1 aliphatic rings. The van der Waals surface area contributed by atoms with Crippen molar-refractivity contribution >= 4 is 11.8 Å². The van der Waals surface area contributed by atoms with Crippen molar-refractivity contribution in [2.45, 2.75) is 19.8 Å². The van der Waals surface area contributed by atoms with Gasteiger partial charge in [-0.3, -0.25) is 9.59 Å². The van der Waals surface area contributed by atoms with Crippen LogP contribution in [0.25, 0.3) is 0 Å². The molecule has 0 amide bonds. The Morgan fingerprint density at radius 2 is 2.18 bits per heavy atom. The summed E-state index contributed by atoms with van der Waals surface area (Å²) in [5.41, 5.74) is -0.848. The summed E-state index contributed by atoms with van der Waals surface area (Å²) < 4.78 is 0. The molecule has 17 heavy (non-hydrogen) atoms. The maximum absolute atomic E-state index is 11.2. The van der Waals surface area contributed by atoms with Crippen LogP contribution in [0.4, 0.5) is 5.82 Å². The van der Waals surface area contributed by atoms with Crippen LogP contribution in [0.3, 0.4) is 0 Å². The van der Waals surface area contributed by atoms with Crippen LogP contribution >= 0.6 is 0 Å². The average molecular weight is 237 g/mol. The van der Waals surface area contributed by atoms with Crippen molar-refractivity contribution in [2.75, 3.05) is 18.0 Å². The van der Waals surface area contributed by atoms with Gasteiger partial charge in [0.25, 0.3) is 5.56 Å². The van der Waals surface area contributed by atoms with Crippen molar-refractivity contribution < 1.29 is 9.90 Å². The van der Waals surface area contributed by atoms with Gasteiger partial charge in [-0.2, -0.15) is 0 Å². The molecule has 0 aliphatic carbocycles. The van der Waals surface area contributed by atoms with E-state index in [1.165, 1.54) is 12.4 Å². The third kappa shape index (κ3) is 2.30. The second-order valence-corrected chi connectivity index (χ2v) is 4.62. The lowest BCUT2D eigenvalue weighted by Crippen LogP contribution is -2.43. The number of hydrogen-bond donors (Lipinski definition) is 2. The molecule has 0 spiro atoms. The lowest BCUT2D eigenvalue weighted by molar-refractivity contribution is -0.149. The zero-order valence-electron chi connectivity index (χ0n) is 9.64. The molecule has 0 unspecified atom stereocenters. The normalized spacial score (nSPS) is 19.0. The first-order valence-corrected chi connectivity index (χ1v) is 5.54. The first-order chi connectivity index (χ1) is 8.01. The quantitative estimate of drug-likeness (QED) is 0.780. The second kappa shape index (κ2) is 4.20. The van der Waals surface area contributed by atoms with Crippen LogP contribution < -0.4 is 10.5 Å². The van der Waals surface area contributed by atoms with E-state index in [9.17, 15) is 9.59 Å². The zero-order chi connectivity index (χ0) is 12.5. The molecule has 6 nitrogen and oxygen atoms in total. The maximum atomic E-state index is 11.2. The Morgan fingerprint density at radius 3 is 2.71 bits per heavy atom. The van der Waals surface area contributed by atoms with Crippen LogP contribution in [-0.4, -0.2) is 34.1 Å². The Balaban J connectivity index is 2.10. The van der Waals surface area contributed by atoms with E-state index in [0.717, 1.165) is 0 Å². The molecule has 92 valence electrons. The molecule has 0 atom stereocenters. The highest BCUT2D eigenvalue weighted by Gasteiger charge is 2.37. The average Bonchev–Trinajstić information content (AvgIpc) is 2.30. The summed E-state index contributed by atoms with van der Waals surface area (Å²) in [6.45, 7) is 2.98. The van der Waals surface area contributed by atoms with E-state index in [-0.39, 0.29) is 5.56 Å². The molecule has 2 heterocycles. The number of piperidine rings is 1. The van der Waals surface area contributed by atoms with Gasteiger partial charge in [0.15, 0.2) is 0 Å². The minimum Gasteiger partial charge on any atom is -0.481 e. The SMILES string of the molecule is CC1(C(=O)O)CCN(c2cc(=O)[nH]cn2)CC1. The number of nitrogens with one attached hydrogen (secondary N) is 1. The molecule has 1 saturated heterocycles. The van der Waals surface area contributed by atoms with E-state index in [1.807, 2.05) is 4.90 Å². The number of nitrogens with zero attached hydrogens (tertiary/aromatic N) is 2. The van der Waals surface area contributed by atoms with Gasteiger partial charge in [-0.25, -0.2) is 4.98 Å². The van der Waals surface area contributed by atoms with Crippen molar-refractivity contribution in [3.63, 3.8) is 0 Å². The van der Waals surface area contributed by atoms with Crippen molar-refractivity contribution in [3.05, 3.63) is 22.7 Å². The number of H-pyrrole nitrogens is 1. The molecular weight excluding hydrogens is 222 g/mol. The highest BCUT2D eigenvalue weighted by atomic mass is 16.4. The fraction of sp³-hybridized carbons (Fsp3) is 0.545. The molecular formula is C11H15N3O3. The van der Waals surface area contributed by atoms with Crippen molar-refractivity contribution in [3.8, 4) is 0 Å². The number of aromatic amines is 1. The van der Waals surface area contributed by atoms with Gasteiger partial charge in [0, 0.05) is 19.2 Å². The largest absolute Gasteiger partial charge is 0.481 e. The Labute approximate surface area is 98.3 Å².